The van der Waals surface area contributed by atoms with Crippen LogP contribution in [0, 0.1) is 5.41 Å². The molecule has 0 bridgehead atoms. The molecule has 2 aliphatic rings. The Labute approximate surface area is 127 Å². The van der Waals surface area contributed by atoms with Gasteiger partial charge in [0.05, 0.1) is 18.6 Å². The van der Waals surface area contributed by atoms with E-state index in [1.165, 1.54) is 0 Å². The summed E-state index contributed by atoms with van der Waals surface area (Å²) in [5, 5.41) is 13.4. The van der Waals surface area contributed by atoms with Gasteiger partial charge in [0, 0.05) is 13.0 Å². The highest BCUT2D eigenvalue weighted by Crippen LogP contribution is 2.44. The summed E-state index contributed by atoms with van der Waals surface area (Å²) in [6.45, 7) is 1.58. The van der Waals surface area contributed by atoms with E-state index in [1.807, 2.05) is 16.8 Å². The lowest BCUT2D eigenvalue weighted by Crippen LogP contribution is -2.47. The summed E-state index contributed by atoms with van der Waals surface area (Å²) in [6, 6.07) is 2.01. The second-order valence-corrected chi connectivity index (χ2v) is 6.65. The molecule has 0 aromatic carbocycles. The van der Waals surface area contributed by atoms with E-state index in [2.05, 4.69) is 0 Å². The maximum absolute atomic E-state index is 12.4. The lowest BCUT2D eigenvalue weighted by Gasteiger charge is -2.40. The van der Waals surface area contributed by atoms with Crippen LogP contribution in [0.1, 0.15) is 37.4 Å². The van der Waals surface area contributed by atoms with Crippen LogP contribution in [0.15, 0.2) is 16.8 Å². The highest BCUT2D eigenvalue weighted by atomic mass is 32.1. The molecule has 0 spiro atoms. The number of carboxylic acid groups (broad SMARTS) is 1. The van der Waals surface area contributed by atoms with Crippen molar-refractivity contribution in [2.75, 3.05) is 19.7 Å². The number of hydrogen-bond donors (Lipinski definition) is 1. The Balaban J connectivity index is 1.63. The first kappa shape index (κ1) is 14.5. The van der Waals surface area contributed by atoms with E-state index < -0.39 is 11.4 Å². The molecule has 6 heteroatoms. The van der Waals surface area contributed by atoms with Gasteiger partial charge in [-0.05, 0) is 35.2 Å². The summed E-state index contributed by atoms with van der Waals surface area (Å²) in [5.41, 5.74) is 0.280. The molecule has 1 saturated heterocycles. The van der Waals surface area contributed by atoms with Crippen LogP contribution in [0.5, 0.6) is 0 Å². The zero-order valence-electron chi connectivity index (χ0n) is 11.8. The lowest BCUT2D eigenvalue weighted by molar-refractivity contribution is -0.161. The SMILES string of the molecule is O=C(CC1(C(=O)O)CCC1)N1CCOC(c2ccsc2)C1. The van der Waals surface area contributed by atoms with Crippen molar-refractivity contribution in [1.29, 1.82) is 0 Å². The van der Waals surface area contributed by atoms with Crippen molar-refractivity contribution < 1.29 is 19.4 Å². The van der Waals surface area contributed by atoms with Gasteiger partial charge >= 0.3 is 5.97 Å². The average Bonchev–Trinajstić information content (AvgIpc) is 2.96. The fraction of sp³-hybridized carbons (Fsp3) is 0.600. The predicted molar refractivity (Wildman–Crippen MR) is 78.1 cm³/mol. The Morgan fingerprint density at radius 3 is 2.86 bits per heavy atom. The van der Waals surface area contributed by atoms with Crippen LogP contribution in [0.2, 0.25) is 0 Å². The first-order valence-electron chi connectivity index (χ1n) is 7.26. The van der Waals surface area contributed by atoms with Crippen molar-refractivity contribution in [3.8, 4) is 0 Å². The number of carbonyl (C=O) groups is 2. The van der Waals surface area contributed by atoms with Crippen LogP contribution in [0.4, 0.5) is 0 Å². The van der Waals surface area contributed by atoms with Gasteiger partial charge in [0.2, 0.25) is 5.91 Å². The van der Waals surface area contributed by atoms with E-state index in [-0.39, 0.29) is 18.4 Å². The Morgan fingerprint density at radius 2 is 2.29 bits per heavy atom. The third-order valence-electron chi connectivity index (χ3n) is 4.59. The molecular weight excluding hydrogens is 290 g/mol. The average molecular weight is 309 g/mol. The molecule has 1 N–H and O–H groups in total. The predicted octanol–water partition coefficient (Wildman–Crippen LogP) is 2.29. The minimum atomic E-state index is -0.829. The largest absolute Gasteiger partial charge is 0.481 e. The molecule has 0 radical (unpaired) electrons. The first-order valence-corrected chi connectivity index (χ1v) is 8.20. The van der Waals surface area contributed by atoms with Gasteiger partial charge in [0.25, 0.3) is 0 Å². The van der Waals surface area contributed by atoms with Crippen LogP contribution < -0.4 is 0 Å². The molecule has 1 amide bonds. The molecule has 1 saturated carbocycles. The molecule has 1 aliphatic carbocycles. The highest BCUT2D eigenvalue weighted by Gasteiger charge is 2.46. The standard InChI is InChI=1S/C15H19NO4S/c17-13(8-15(14(18)19)3-1-4-15)16-5-6-20-12(9-16)11-2-7-21-10-11/h2,7,10,12H,1,3-6,8-9H2,(H,18,19). The zero-order valence-corrected chi connectivity index (χ0v) is 12.6. The van der Waals surface area contributed by atoms with Crippen molar-refractivity contribution in [3.05, 3.63) is 22.4 Å². The summed E-state index contributed by atoms with van der Waals surface area (Å²) in [7, 11) is 0. The highest BCUT2D eigenvalue weighted by molar-refractivity contribution is 7.07. The van der Waals surface area contributed by atoms with E-state index in [1.54, 1.807) is 16.2 Å². The van der Waals surface area contributed by atoms with E-state index in [0.717, 1.165) is 12.0 Å². The molecule has 1 aliphatic heterocycles. The fourth-order valence-electron chi connectivity index (χ4n) is 3.01. The van der Waals surface area contributed by atoms with Gasteiger partial charge in [0.1, 0.15) is 6.10 Å². The summed E-state index contributed by atoms with van der Waals surface area (Å²) < 4.78 is 5.72. The van der Waals surface area contributed by atoms with Crippen LogP contribution in [-0.2, 0) is 14.3 Å². The van der Waals surface area contributed by atoms with Gasteiger partial charge in [-0.2, -0.15) is 11.3 Å². The Kier molecular flexibility index (Phi) is 3.99. The van der Waals surface area contributed by atoms with Gasteiger partial charge in [-0.25, -0.2) is 0 Å². The van der Waals surface area contributed by atoms with Crippen molar-refractivity contribution >= 4 is 23.2 Å². The van der Waals surface area contributed by atoms with Crippen molar-refractivity contribution in [2.45, 2.75) is 31.8 Å². The molecule has 114 valence electrons. The van der Waals surface area contributed by atoms with E-state index in [0.29, 0.717) is 32.5 Å². The maximum Gasteiger partial charge on any atom is 0.310 e. The molecule has 3 rings (SSSR count). The number of nitrogens with zero attached hydrogens (tertiary/aromatic N) is 1. The summed E-state index contributed by atoms with van der Waals surface area (Å²) in [5.74, 6) is -0.884. The van der Waals surface area contributed by atoms with Crippen LogP contribution in [0.25, 0.3) is 0 Å². The number of morpholine rings is 1. The van der Waals surface area contributed by atoms with Crippen LogP contribution in [-0.4, -0.2) is 41.6 Å². The lowest BCUT2D eigenvalue weighted by atomic mass is 9.66. The zero-order chi connectivity index (χ0) is 14.9. The normalized spacial score (nSPS) is 24.4. The second-order valence-electron chi connectivity index (χ2n) is 5.87. The molecule has 1 unspecified atom stereocenters. The van der Waals surface area contributed by atoms with Gasteiger partial charge in [-0.3, -0.25) is 9.59 Å². The monoisotopic (exact) mass is 309 g/mol. The Bertz CT molecular complexity index is 524. The molecule has 2 fully saturated rings. The topological polar surface area (TPSA) is 66.8 Å². The van der Waals surface area contributed by atoms with Crippen LogP contribution >= 0.6 is 11.3 Å². The van der Waals surface area contributed by atoms with Crippen molar-refractivity contribution in [2.24, 2.45) is 5.41 Å². The third-order valence-corrected chi connectivity index (χ3v) is 5.29. The number of aliphatic carboxylic acids is 1. The summed E-state index contributed by atoms with van der Waals surface area (Å²) in [4.78, 5) is 25.6. The number of amides is 1. The number of carbonyl (C=O) groups excluding carboxylic acids is 1. The van der Waals surface area contributed by atoms with Gasteiger partial charge in [-0.15, -0.1) is 0 Å². The molecule has 1 atom stereocenters. The van der Waals surface area contributed by atoms with Gasteiger partial charge in [-0.1, -0.05) is 6.42 Å². The van der Waals surface area contributed by atoms with E-state index in [9.17, 15) is 14.7 Å². The molecular formula is C15H19NO4S. The molecule has 5 nitrogen and oxygen atoms in total. The minimum absolute atomic E-state index is 0.0550. The maximum atomic E-state index is 12.4. The van der Waals surface area contributed by atoms with Gasteiger partial charge < -0.3 is 14.7 Å². The van der Waals surface area contributed by atoms with Crippen molar-refractivity contribution in [3.63, 3.8) is 0 Å². The number of thiophene rings is 1. The number of hydrogen-bond acceptors (Lipinski definition) is 4. The van der Waals surface area contributed by atoms with E-state index >= 15 is 0 Å². The summed E-state index contributed by atoms with van der Waals surface area (Å²) in [6.07, 6.45) is 2.17. The second kappa shape index (κ2) is 5.77. The van der Waals surface area contributed by atoms with Crippen molar-refractivity contribution in [1.82, 2.24) is 4.90 Å². The smallest absolute Gasteiger partial charge is 0.310 e. The van der Waals surface area contributed by atoms with E-state index in [4.69, 9.17) is 4.74 Å². The molecule has 1 aromatic rings. The third kappa shape index (κ3) is 2.82. The number of ether oxygens (including phenoxy) is 1. The molecule has 1 aromatic heterocycles. The van der Waals surface area contributed by atoms with Crippen LogP contribution in [0.3, 0.4) is 0 Å². The molecule has 21 heavy (non-hydrogen) atoms. The number of carboxylic acids is 1. The van der Waals surface area contributed by atoms with Gasteiger partial charge in [0.15, 0.2) is 0 Å². The number of rotatable bonds is 4. The Hall–Kier alpha value is -1.40. The molecule has 2 heterocycles. The first-order chi connectivity index (χ1) is 10.1. The quantitative estimate of drug-likeness (QED) is 0.926. The fourth-order valence-corrected chi connectivity index (χ4v) is 3.71. The minimum Gasteiger partial charge on any atom is -0.481 e. The Morgan fingerprint density at radius 1 is 1.48 bits per heavy atom. The summed E-state index contributed by atoms with van der Waals surface area (Å²) >= 11 is 1.61.